The zero-order valence-electron chi connectivity index (χ0n) is 19.4. The van der Waals surface area contributed by atoms with Gasteiger partial charge in [-0.1, -0.05) is 26.0 Å². The van der Waals surface area contributed by atoms with Gasteiger partial charge in [0.2, 0.25) is 11.8 Å². The maximum atomic E-state index is 14.1. The molecule has 2 atom stereocenters. The number of carbonyl (C=O) groups is 3. The van der Waals surface area contributed by atoms with Crippen molar-refractivity contribution >= 4 is 30.6 Å². The monoisotopic (exact) mass is 485 g/mol. The van der Waals surface area contributed by atoms with Crippen molar-refractivity contribution in [1.29, 1.82) is 0 Å². The van der Waals surface area contributed by atoms with Crippen LogP contribution in [-0.2, 0) is 14.2 Å². The first-order valence-corrected chi connectivity index (χ1v) is 11.5. The summed E-state index contributed by atoms with van der Waals surface area (Å²) in [5, 5.41) is 5.35. The number of amides is 2. The molecule has 0 radical (unpaired) electrons. The van der Waals surface area contributed by atoms with E-state index in [4.69, 9.17) is 9.31 Å². The van der Waals surface area contributed by atoms with E-state index in [-0.39, 0.29) is 18.2 Å². The molecule has 35 heavy (non-hydrogen) atoms. The molecule has 0 bridgehead atoms. The van der Waals surface area contributed by atoms with Gasteiger partial charge in [0.1, 0.15) is 23.4 Å². The van der Waals surface area contributed by atoms with E-state index in [9.17, 15) is 23.2 Å². The molecule has 0 aromatic heterocycles. The van der Waals surface area contributed by atoms with Gasteiger partial charge < -0.3 is 24.8 Å². The third-order valence-corrected chi connectivity index (χ3v) is 5.94. The summed E-state index contributed by atoms with van der Waals surface area (Å²) in [6.07, 6.45) is 0.950. The summed E-state index contributed by atoms with van der Waals surface area (Å²) in [6.45, 7) is 4.04. The minimum absolute atomic E-state index is 0.135. The van der Waals surface area contributed by atoms with Crippen molar-refractivity contribution in [2.45, 2.75) is 38.7 Å². The molecule has 1 saturated heterocycles. The van der Waals surface area contributed by atoms with E-state index in [0.717, 1.165) is 12.1 Å². The van der Waals surface area contributed by atoms with Crippen LogP contribution in [0.1, 0.15) is 37.0 Å². The zero-order chi connectivity index (χ0) is 25.1. The first kappa shape index (κ1) is 24.5. The zero-order valence-corrected chi connectivity index (χ0v) is 19.4. The number of nitrogens with one attached hydrogen (secondary N) is 2. The van der Waals surface area contributed by atoms with Crippen molar-refractivity contribution in [3.8, 4) is 5.75 Å². The van der Waals surface area contributed by atoms with E-state index in [1.165, 1.54) is 11.0 Å². The van der Waals surface area contributed by atoms with Gasteiger partial charge in [0.05, 0.1) is 23.7 Å². The number of benzene rings is 2. The summed E-state index contributed by atoms with van der Waals surface area (Å²) in [4.78, 5) is 39.1. The second-order valence-electron chi connectivity index (χ2n) is 9.00. The topological polar surface area (TPSA) is 97.0 Å². The van der Waals surface area contributed by atoms with Crippen molar-refractivity contribution in [3.05, 3.63) is 59.7 Å². The molecule has 2 N–H and O–H groups in total. The van der Waals surface area contributed by atoms with Crippen LogP contribution in [0.15, 0.2) is 42.5 Å². The van der Waals surface area contributed by atoms with E-state index in [1.54, 1.807) is 24.3 Å². The minimum Gasteiger partial charge on any atom is -0.524 e. The van der Waals surface area contributed by atoms with Crippen molar-refractivity contribution in [1.82, 2.24) is 10.6 Å². The van der Waals surface area contributed by atoms with Crippen LogP contribution in [0.3, 0.4) is 0 Å². The fourth-order valence-electron chi connectivity index (χ4n) is 4.17. The number of fused-ring (bicyclic) bond motifs is 1. The van der Waals surface area contributed by atoms with Crippen molar-refractivity contribution in [2.24, 2.45) is 5.92 Å². The van der Waals surface area contributed by atoms with Crippen LogP contribution in [0.5, 0.6) is 5.75 Å². The maximum Gasteiger partial charge on any atom is 0.620 e. The fraction of sp³-hybridized carbons (Fsp3) is 0.375. The number of hydrogen-bond acceptors (Lipinski definition) is 6. The normalized spacial score (nSPS) is 17.6. The van der Waals surface area contributed by atoms with Crippen molar-refractivity contribution < 1.29 is 32.5 Å². The fourth-order valence-corrected chi connectivity index (χ4v) is 4.17. The van der Waals surface area contributed by atoms with Crippen LogP contribution in [0, 0.1) is 17.6 Å². The summed E-state index contributed by atoms with van der Waals surface area (Å²) < 4.78 is 38.5. The predicted molar refractivity (Wildman–Crippen MR) is 125 cm³/mol. The molecule has 2 aromatic rings. The van der Waals surface area contributed by atoms with Gasteiger partial charge in [-0.05, 0) is 43.0 Å². The number of carbonyl (C=O) groups excluding carboxylic acids is 3. The molecule has 2 unspecified atom stereocenters. The van der Waals surface area contributed by atoms with Crippen LogP contribution >= 0.6 is 0 Å². The Balaban J connectivity index is 1.34. The van der Waals surface area contributed by atoms with Crippen LogP contribution in [0.4, 0.5) is 14.5 Å². The first-order valence-electron chi connectivity index (χ1n) is 11.5. The number of para-hydroxylation sites is 1. The van der Waals surface area contributed by atoms with Gasteiger partial charge in [0.15, 0.2) is 0 Å². The lowest BCUT2D eigenvalue weighted by Crippen LogP contribution is -2.59. The van der Waals surface area contributed by atoms with Gasteiger partial charge in [-0.25, -0.2) is 13.6 Å². The molecular weight excluding hydrogens is 459 g/mol. The molecule has 1 fully saturated rings. The third kappa shape index (κ3) is 5.55. The lowest BCUT2D eigenvalue weighted by atomic mass is 9.72. The number of hydrogen-bond donors (Lipinski definition) is 2. The molecule has 0 aliphatic carbocycles. The smallest absolute Gasteiger partial charge is 0.524 e. The number of nitrogens with zero attached hydrogens (tertiary/aromatic N) is 1. The van der Waals surface area contributed by atoms with E-state index in [1.807, 2.05) is 13.8 Å². The van der Waals surface area contributed by atoms with Gasteiger partial charge in [-0.3, -0.25) is 9.59 Å². The molecule has 0 spiro atoms. The second kappa shape index (κ2) is 10.3. The van der Waals surface area contributed by atoms with Crippen LogP contribution in [0.25, 0.3) is 0 Å². The highest BCUT2D eigenvalue weighted by Gasteiger charge is 2.42. The summed E-state index contributed by atoms with van der Waals surface area (Å²) in [5.74, 6) is -3.01. The van der Waals surface area contributed by atoms with E-state index in [0.29, 0.717) is 30.7 Å². The maximum absolute atomic E-state index is 14.1. The molecule has 8 nitrogen and oxygen atoms in total. The molecule has 184 valence electrons. The van der Waals surface area contributed by atoms with Gasteiger partial charge in [0.25, 0.3) is 0 Å². The Hall–Kier alpha value is -3.63. The van der Waals surface area contributed by atoms with Crippen molar-refractivity contribution in [2.75, 3.05) is 18.0 Å². The third-order valence-electron chi connectivity index (χ3n) is 5.94. The number of rotatable bonds is 8. The summed E-state index contributed by atoms with van der Waals surface area (Å²) in [7, 11) is -1.01. The summed E-state index contributed by atoms with van der Waals surface area (Å²) >= 11 is 0. The Kier molecular flexibility index (Phi) is 7.23. The van der Waals surface area contributed by atoms with Crippen LogP contribution in [0.2, 0.25) is 0 Å². The van der Waals surface area contributed by atoms with E-state index >= 15 is 0 Å². The molecule has 11 heteroatoms. The highest BCUT2D eigenvalue weighted by Crippen LogP contribution is 2.29. The molecular formula is C24H26BF2N3O5. The van der Waals surface area contributed by atoms with Gasteiger partial charge >= 0.3 is 13.1 Å². The quantitative estimate of drug-likeness (QED) is 0.558. The first-order chi connectivity index (χ1) is 16.7. The van der Waals surface area contributed by atoms with Crippen LogP contribution < -0.4 is 20.2 Å². The highest BCUT2D eigenvalue weighted by atomic mass is 19.1. The largest absolute Gasteiger partial charge is 0.620 e. The Morgan fingerprint density at radius 1 is 1.17 bits per heavy atom. The average Bonchev–Trinajstić information content (AvgIpc) is 2.78. The van der Waals surface area contributed by atoms with Crippen molar-refractivity contribution in [3.63, 3.8) is 0 Å². The van der Waals surface area contributed by atoms with E-state index < -0.39 is 48.5 Å². The molecule has 2 heterocycles. The second-order valence-corrected chi connectivity index (χ2v) is 9.00. The molecule has 4 rings (SSSR count). The Morgan fingerprint density at radius 3 is 2.63 bits per heavy atom. The molecule has 2 aliphatic heterocycles. The number of halogens is 2. The summed E-state index contributed by atoms with van der Waals surface area (Å²) in [5.41, 5.74) is 0.448. The summed E-state index contributed by atoms with van der Waals surface area (Å²) in [6, 6.07) is 9.22. The Morgan fingerprint density at radius 2 is 1.94 bits per heavy atom. The Labute approximate surface area is 202 Å². The molecule has 2 aliphatic rings. The predicted octanol–water partition coefficient (Wildman–Crippen LogP) is 2.47. The lowest BCUT2D eigenvalue weighted by molar-refractivity contribution is -0.127. The SMILES string of the molecule is CC(C)CC(NC(=O)CNC(=O)C1CCN1c1ccc(F)cc1F)B1OC(=O)c2ccccc2O1. The average molecular weight is 485 g/mol. The Bertz CT molecular complexity index is 1130. The molecule has 2 amide bonds. The highest BCUT2D eigenvalue weighted by molar-refractivity contribution is 6.51. The molecule has 0 saturated carbocycles. The minimum atomic E-state index is -1.01. The molecule has 2 aromatic carbocycles. The van der Waals surface area contributed by atoms with Crippen LogP contribution in [-0.4, -0.2) is 50.0 Å². The lowest BCUT2D eigenvalue weighted by Gasteiger charge is -2.41. The van der Waals surface area contributed by atoms with E-state index in [2.05, 4.69) is 10.6 Å². The van der Waals surface area contributed by atoms with Gasteiger partial charge in [0, 0.05) is 12.6 Å². The number of anilines is 1. The van der Waals surface area contributed by atoms with Gasteiger partial charge in [-0.15, -0.1) is 0 Å². The van der Waals surface area contributed by atoms with Gasteiger partial charge in [-0.2, -0.15) is 0 Å². The standard InChI is InChI=1S/C24H26BF2N3O5/c1-14(2)11-21(25-34-20-6-4-3-5-16(20)24(33)35-25)29-22(31)13-28-23(32)19-9-10-30(19)18-8-7-15(26)12-17(18)27/h3-8,12,14,19,21H,9-11,13H2,1-2H3,(H,28,32)(H,29,31).